The summed E-state index contributed by atoms with van der Waals surface area (Å²) >= 11 is 0. The molecule has 1 aliphatic rings. The lowest BCUT2D eigenvalue weighted by Gasteiger charge is -2.32. The van der Waals surface area contributed by atoms with Crippen LogP contribution in [0.4, 0.5) is 0 Å². The second-order valence-electron chi connectivity index (χ2n) is 7.07. The summed E-state index contributed by atoms with van der Waals surface area (Å²) in [6.07, 6.45) is 3.90. The Morgan fingerprint density at radius 1 is 1.31 bits per heavy atom. The number of carbonyl (C=O) groups excluding carboxylic acids is 1. The third kappa shape index (κ3) is 4.52. The van der Waals surface area contributed by atoms with E-state index < -0.39 is 9.84 Å². The van der Waals surface area contributed by atoms with Crippen LogP contribution in [0, 0.1) is 5.92 Å². The Kier molecular flexibility index (Phi) is 5.46. The van der Waals surface area contributed by atoms with Crippen molar-refractivity contribution in [1.82, 2.24) is 15.1 Å². The molecule has 1 aromatic heterocycles. The number of amides is 1. The van der Waals surface area contributed by atoms with E-state index in [0.717, 1.165) is 30.5 Å². The molecular formula is C19H25N3O3S. The number of aryl methyl sites for hydroxylation is 1. The Labute approximate surface area is 154 Å². The van der Waals surface area contributed by atoms with E-state index in [2.05, 4.69) is 29.3 Å². The molecule has 2 heterocycles. The van der Waals surface area contributed by atoms with Crippen molar-refractivity contribution < 1.29 is 13.2 Å². The van der Waals surface area contributed by atoms with Crippen LogP contribution in [0.3, 0.4) is 0 Å². The zero-order chi connectivity index (χ0) is 18.7. The summed E-state index contributed by atoms with van der Waals surface area (Å²) < 4.78 is 23.1. The lowest BCUT2D eigenvalue weighted by atomic mass is 10.00. The third-order valence-corrected chi connectivity index (χ3v) is 5.89. The number of nitrogens with zero attached hydrogens (tertiary/aromatic N) is 2. The van der Waals surface area contributed by atoms with Crippen LogP contribution in [-0.4, -0.2) is 54.5 Å². The molecule has 1 unspecified atom stereocenters. The number of hydrogen-bond acceptors (Lipinski definition) is 4. The van der Waals surface area contributed by atoms with Crippen molar-refractivity contribution in [3.63, 3.8) is 0 Å². The van der Waals surface area contributed by atoms with Gasteiger partial charge in [0.05, 0.1) is 11.4 Å². The van der Waals surface area contributed by atoms with Gasteiger partial charge in [-0.3, -0.25) is 9.89 Å². The van der Waals surface area contributed by atoms with Crippen LogP contribution in [0.15, 0.2) is 30.3 Å². The van der Waals surface area contributed by atoms with Gasteiger partial charge < -0.3 is 4.90 Å². The van der Waals surface area contributed by atoms with E-state index in [1.165, 1.54) is 11.8 Å². The molecular weight excluding hydrogens is 350 g/mol. The molecule has 2 aromatic rings. The minimum Gasteiger partial charge on any atom is -0.337 e. The van der Waals surface area contributed by atoms with Crippen molar-refractivity contribution in [2.24, 2.45) is 5.92 Å². The van der Waals surface area contributed by atoms with Crippen molar-refractivity contribution in [2.45, 2.75) is 26.2 Å². The van der Waals surface area contributed by atoms with Gasteiger partial charge in [-0.25, -0.2) is 8.42 Å². The Bertz CT molecular complexity index is 872. The summed E-state index contributed by atoms with van der Waals surface area (Å²) in [6, 6.07) is 9.90. The number of carbonyl (C=O) groups is 1. The number of rotatable bonds is 5. The Hall–Kier alpha value is -2.15. The quantitative estimate of drug-likeness (QED) is 0.870. The second-order valence-corrected chi connectivity index (χ2v) is 9.25. The number of hydrogen-bond donors (Lipinski definition) is 1. The first-order chi connectivity index (χ1) is 12.4. The number of aromatic nitrogens is 2. The standard InChI is InChI=1S/C19H25N3O3S/c1-3-14-6-8-16(9-7-14)17-11-18(21-20-17)19(23)22-10-4-5-15(12-22)13-26(2,24)25/h6-9,11,15H,3-5,10,12-13H2,1-2H3,(H,20,21). The predicted octanol–water partition coefficient (Wildman–Crippen LogP) is 2.54. The van der Waals surface area contributed by atoms with E-state index in [1.807, 2.05) is 12.1 Å². The van der Waals surface area contributed by atoms with E-state index in [1.54, 1.807) is 11.0 Å². The highest BCUT2D eigenvalue weighted by Gasteiger charge is 2.27. The normalized spacial score (nSPS) is 18.1. The van der Waals surface area contributed by atoms with Gasteiger partial charge in [-0.2, -0.15) is 5.10 Å². The molecule has 6 nitrogen and oxygen atoms in total. The summed E-state index contributed by atoms with van der Waals surface area (Å²) in [5, 5.41) is 7.10. The maximum absolute atomic E-state index is 12.8. The van der Waals surface area contributed by atoms with Gasteiger partial charge in [-0.15, -0.1) is 0 Å². The third-order valence-electron chi connectivity index (χ3n) is 4.81. The SMILES string of the molecule is CCc1ccc(-c2cc(C(=O)N3CCCC(CS(C)(=O)=O)C3)[nH]n2)cc1. The maximum Gasteiger partial charge on any atom is 0.271 e. The molecule has 26 heavy (non-hydrogen) atoms. The summed E-state index contributed by atoms with van der Waals surface area (Å²) in [7, 11) is -3.03. The average Bonchev–Trinajstić information content (AvgIpc) is 3.10. The zero-order valence-electron chi connectivity index (χ0n) is 15.2. The smallest absolute Gasteiger partial charge is 0.271 e. The zero-order valence-corrected chi connectivity index (χ0v) is 16.1. The Morgan fingerprint density at radius 2 is 2.04 bits per heavy atom. The predicted molar refractivity (Wildman–Crippen MR) is 102 cm³/mol. The molecule has 1 amide bonds. The number of nitrogens with one attached hydrogen (secondary N) is 1. The monoisotopic (exact) mass is 375 g/mol. The minimum atomic E-state index is -3.03. The largest absolute Gasteiger partial charge is 0.337 e. The van der Waals surface area contributed by atoms with Crippen LogP contribution in [0.5, 0.6) is 0 Å². The van der Waals surface area contributed by atoms with Crippen molar-refractivity contribution in [3.8, 4) is 11.3 Å². The van der Waals surface area contributed by atoms with Crippen LogP contribution in [0.1, 0.15) is 35.8 Å². The van der Waals surface area contributed by atoms with Gasteiger partial charge in [-0.05, 0) is 36.8 Å². The number of benzene rings is 1. The van der Waals surface area contributed by atoms with Gasteiger partial charge in [0.15, 0.2) is 0 Å². The molecule has 1 saturated heterocycles. The molecule has 0 aliphatic carbocycles. The number of aromatic amines is 1. The van der Waals surface area contributed by atoms with Crippen molar-refractivity contribution >= 4 is 15.7 Å². The molecule has 140 valence electrons. The summed E-state index contributed by atoms with van der Waals surface area (Å²) in [4.78, 5) is 14.5. The molecule has 0 spiro atoms. The van der Waals surface area contributed by atoms with E-state index in [0.29, 0.717) is 18.8 Å². The number of sulfone groups is 1. The number of piperidine rings is 1. The van der Waals surface area contributed by atoms with Gasteiger partial charge in [-0.1, -0.05) is 31.2 Å². The molecule has 0 saturated carbocycles. The Morgan fingerprint density at radius 3 is 2.69 bits per heavy atom. The van der Waals surface area contributed by atoms with Crippen LogP contribution in [0.2, 0.25) is 0 Å². The van der Waals surface area contributed by atoms with Gasteiger partial charge in [0, 0.05) is 24.9 Å². The molecule has 0 bridgehead atoms. The topological polar surface area (TPSA) is 83.1 Å². The molecule has 7 heteroatoms. The van der Waals surface area contributed by atoms with Crippen LogP contribution in [0.25, 0.3) is 11.3 Å². The number of likely N-dealkylation sites (tertiary alicyclic amines) is 1. The van der Waals surface area contributed by atoms with Gasteiger partial charge in [0.25, 0.3) is 5.91 Å². The fourth-order valence-corrected chi connectivity index (χ4v) is 4.60. The van der Waals surface area contributed by atoms with E-state index >= 15 is 0 Å². The van der Waals surface area contributed by atoms with Gasteiger partial charge >= 0.3 is 0 Å². The van der Waals surface area contributed by atoms with Crippen LogP contribution in [-0.2, 0) is 16.3 Å². The molecule has 1 aromatic carbocycles. The van der Waals surface area contributed by atoms with Gasteiger partial charge in [0.2, 0.25) is 0 Å². The molecule has 1 N–H and O–H groups in total. The van der Waals surface area contributed by atoms with E-state index in [4.69, 9.17) is 0 Å². The van der Waals surface area contributed by atoms with Crippen LogP contribution < -0.4 is 0 Å². The van der Waals surface area contributed by atoms with E-state index in [9.17, 15) is 13.2 Å². The summed E-state index contributed by atoms with van der Waals surface area (Å²) in [5.74, 6) is 0.0215. The minimum absolute atomic E-state index is 0.00619. The highest BCUT2D eigenvalue weighted by Crippen LogP contribution is 2.22. The molecule has 3 rings (SSSR count). The molecule has 1 fully saturated rings. The fourth-order valence-electron chi connectivity index (χ4n) is 3.47. The first-order valence-electron chi connectivity index (χ1n) is 8.97. The first kappa shape index (κ1) is 18.6. The summed E-state index contributed by atoms with van der Waals surface area (Å²) in [5.41, 5.74) is 3.40. The fraction of sp³-hybridized carbons (Fsp3) is 0.474. The first-order valence-corrected chi connectivity index (χ1v) is 11.0. The van der Waals surface area contributed by atoms with Crippen molar-refractivity contribution in [3.05, 3.63) is 41.6 Å². The lowest BCUT2D eigenvalue weighted by Crippen LogP contribution is -2.41. The molecule has 1 atom stereocenters. The molecule has 0 radical (unpaired) electrons. The summed E-state index contributed by atoms with van der Waals surface area (Å²) in [6.45, 7) is 3.24. The average molecular weight is 375 g/mol. The van der Waals surface area contributed by atoms with Gasteiger partial charge in [0.1, 0.15) is 15.5 Å². The highest BCUT2D eigenvalue weighted by atomic mass is 32.2. The second kappa shape index (κ2) is 7.61. The highest BCUT2D eigenvalue weighted by molar-refractivity contribution is 7.90. The maximum atomic E-state index is 12.8. The van der Waals surface area contributed by atoms with Crippen molar-refractivity contribution in [2.75, 3.05) is 25.1 Å². The Balaban J connectivity index is 1.71. The lowest BCUT2D eigenvalue weighted by molar-refractivity contribution is 0.0678. The van der Waals surface area contributed by atoms with Crippen LogP contribution >= 0.6 is 0 Å². The number of H-pyrrole nitrogens is 1. The van der Waals surface area contributed by atoms with Crippen molar-refractivity contribution in [1.29, 1.82) is 0 Å². The molecule has 1 aliphatic heterocycles. The van der Waals surface area contributed by atoms with E-state index in [-0.39, 0.29) is 17.6 Å².